The Balaban J connectivity index is 1.38. The van der Waals surface area contributed by atoms with Gasteiger partial charge in [-0.15, -0.1) is 12.3 Å². The number of aromatic nitrogens is 3. The van der Waals surface area contributed by atoms with E-state index in [-0.39, 0.29) is 11.6 Å². The van der Waals surface area contributed by atoms with Crippen molar-refractivity contribution in [2.24, 2.45) is 10.2 Å². The molecule has 0 saturated carbocycles. The Labute approximate surface area is 162 Å². The first-order valence-corrected chi connectivity index (χ1v) is 9.20. The van der Waals surface area contributed by atoms with Crippen LogP contribution in [0.25, 0.3) is 11.0 Å². The second-order valence-electron chi connectivity index (χ2n) is 6.82. The number of rotatable bonds is 8. The average molecular weight is 372 g/mol. The Hall–Kier alpha value is -3.53. The Kier molecular flexibility index (Phi) is 4.85. The van der Waals surface area contributed by atoms with Crippen molar-refractivity contribution < 1.29 is 4.79 Å². The molecular weight excluding hydrogens is 352 g/mol. The molecule has 1 aliphatic heterocycles. The molecule has 3 heterocycles. The first kappa shape index (κ1) is 17.9. The fourth-order valence-corrected chi connectivity index (χ4v) is 3.11. The molecule has 140 valence electrons. The van der Waals surface area contributed by atoms with Gasteiger partial charge in [-0.1, -0.05) is 30.3 Å². The first-order chi connectivity index (χ1) is 13.7. The van der Waals surface area contributed by atoms with Gasteiger partial charge in [0.25, 0.3) is 5.91 Å². The Morgan fingerprint density at radius 1 is 1.18 bits per heavy atom. The van der Waals surface area contributed by atoms with E-state index in [0.717, 1.165) is 23.0 Å². The van der Waals surface area contributed by atoms with E-state index >= 15 is 0 Å². The molecule has 7 nitrogen and oxygen atoms in total. The fourth-order valence-electron chi connectivity index (χ4n) is 3.11. The van der Waals surface area contributed by atoms with Gasteiger partial charge < -0.3 is 5.32 Å². The van der Waals surface area contributed by atoms with Crippen LogP contribution in [0, 0.1) is 12.3 Å². The third kappa shape index (κ3) is 3.91. The van der Waals surface area contributed by atoms with E-state index in [2.05, 4.69) is 31.5 Å². The molecule has 1 N–H and O–H groups in total. The smallest absolute Gasteiger partial charge is 0.252 e. The van der Waals surface area contributed by atoms with Gasteiger partial charge in [-0.05, 0) is 11.6 Å². The number of nitrogens with one attached hydrogen (secondary N) is 1. The largest absolute Gasteiger partial charge is 0.352 e. The first-order valence-electron chi connectivity index (χ1n) is 9.20. The predicted molar refractivity (Wildman–Crippen MR) is 106 cm³/mol. The maximum Gasteiger partial charge on any atom is 0.252 e. The van der Waals surface area contributed by atoms with Crippen molar-refractivity contribution in [1.29, 1.82) is 0 Å². The van der Waals surface area contributed by atoms with E-state index in [9.17, 15) is 4.79 Å². The molecule has 2 aromatic heterocycles. The summed E-state index contributed by atoms with van der Waals surface area (Å²) in [6.45, 7) is 1.12. The zero-order chi connectivity index (χ0) is 19.4. The normalized spacial score (nSPS) is 14.0. The van der Waals surface area contributed by atoms with Crippen LogP contribution < -0.4 is 5.32 Å². The second-order valence-corrected chi connectivity index (χ2v) is 6.82. The molecule has 3 aromatic rings. The highest BCUT2D eigenvalue weighted by Gasteiger charge is 2.38. The van der Waals surface area contributed by atoms with Crippen LogP contribution in [-0.4, -0.2) is 32.9 Å². The summed E-state index contributed by atoms with van der Waals surface area (Å²) in [6, 6.07) is 11.9. The summed E-state index contributed by atoms with van der Waals surface area (Å²) in [7, 11) is 0. The molecule has 1 aromatic carbocycles. The summed E-state index contributed by atoms with van der Waals surface area (Å²) >= 11 is 0. The van der Waals surface area contributed by atoms with E-state index in [1.54, 1.807) is 12.4 Å². The van der Waals surface area contributed by atoms with Gasteiger partial charge in [0, 0.05) is 37.4 Å². The number of carbonyl (C=O) groups is 1. The molecule has 0 saturated heterocycles. The molecule has 0 atom stereocenters. The monoisotopic (exact) mass is 372 g/mol. The van der Waals surface area contributed by atoms with Crippen LogP contribution >= 0.6 is 0 Å². The Morgan fingerprint density at radius 3 is 2.75 bits per heavy atom. The van der Waals surface area contributed by atoms with Gasteiger partial charge in [-0.25, -0.2) is 9.67 Å². The fraction of sp³-hybridized carbons (Fsp3) is 0.286. The second kappa shape index (κ2) is 7.61. The van der Waals surface area contributed by atoms with Crippen LogP contribution in [0.4, 0.5) is 0 Å². The Morgan fingerprint density at radius 2 is 2.00 bits per heavy atom. The van der Waals surface area contributed by atoms with Crippen LogP contribution in [0.5, 0.6) is 0 Å². The quantitative estimate of drug-likeness (QED) is 0.616. The number of amides is 1. The third-order valence-electron chi connectivity index (χ3n) is 4.78. The predicted octanol–water partition coefficient (Wildman–Crippen LogP) is 3.18. The zero-order valence-corrected chi connectivity index (χ0v) is 15.4. The Bertz CT molecular complexity index is 1060. The lowest BCUT2D eigenvalue weighted by atomic mass is 10.0. The molecule has 1 aliphatic rings. The van der Waals surface area contributed by atoms with E-state index < -0.39 is 0 Å². The number of benzene rings is 1. The van der Waals surface area contributed by atoms with Gasteiger partial charge in [-0.3, -0.25) is 4.79 Å². The van der Waals surface area contributed by atoms with Crippen LogP contribution in [0.1, 0.15) is 35.2 Å². The maximum absolute atomic E-state index is 12.4. The minimum atomic E-state index is -0.388. The lowest BCUT2D eigenvalue weighted by Crippen LogP contribution is -2.28. The van der Waals surface area contributed by atoms with Gasteiger partial charge in [0.15, 0.2) is 11.3 Å². The molecule has 28 heavy (non-hydrogen) atoms. The van der Waals surface area contributed by atoms with Crippen LogP contribution in [0.3, 0.4) is 0 Å². The van der Waals surface area contributed by atoms with E-state index in [1.807, 2.05) is 41.1 Å². The molecule has 0 unspecified atom stereocenters. The molecule has 0 spiro atoms. The van der Waals surface area contributed by atoms with Crippen molar-refractivity contribution >= 4 is 16.9 Å². The minimum absolute atomic E-state index is 0.169. The van der Waals surface area contributed by atoms with Gasteiger partial charge >= 0.3 is 0 Å². The van der Waals surface area contributed by atoms with Gasteiger partial charge in [-0.2, -0.15) is 15.3 Å². The van der Waals surface area contributed by atoms with Gasteiger partial charge in [0.05, 0.1) is 18.3 Å². The van der Waals surface area contributed by atoms with E-state index in [1.165, 1.54) is 0 Å². The van der Waals surface area contributed by atoms with Gasteiger partial charge in [0.1, 0.15) is 0 Å². The summed E-state index contributed by atoms with van der Waals surface area (Å²) in [5.74, 6) is 2.43. The van der Waals surface area contributed by atoms with E-state index in [4.69, 9.17) is 6.42 Å². The number of hydrogen-bond donors (Lipinski definition) is 1. The van der Waals surface area contributed by atoms with Crippen molar-refractivity contribution in [2.45, 2.75) is 31.5 Å². The number of fused-ring (bicyclic) bond motifs is 1. The molecule has 0 radical (unpaired) electrons. The summed E-state index contributed by atoms with van der Waals surface area (Å²) in [5, 5.41) is 16.3. The van der Waals surface area contributed by atoms with Crippen molar-refractivity contribution in [2.75, 3.05) is 6.54 Å². The number of carbonyl (C=O) groups excluding carboxylic acids is 1. The van der Waals surface area contributed by atoms with Crippen LogP contribution in [0.2, 0.25) is 0 Å². The number of hydrogen-bond acceptors (Lipinski definition) is 5. The average Bonchev–Trinajstić information content (AvgIpc) is 3.39. The van der Waals surface area contributed by atoms with Crippen molar-refractivity contribution in [3.63, 3.8) is 0 Å². The van der Waals surface area contributed by atoms with Gasteiger partial charge in [0.2, 0.25) is 0 Å². The maximum atomic E-state index is 12.4. The molecule has 1 amide bonds. The highest BCUT2D eigenvalue weighted by atomic mass is 16.1. The number of nitrogens with zero attached hydrogens (tertiary/aromatic N) is 5. The SMILES string of the molecule is C#CCCC1(CCNC(=O)c2cnc3c(cnn3Cc3ccccc3)c2)N=N1. The molecule has 0 bridgehead atoms. The molecule has 0 fully saturated rings. The molecular formula is C21H20N6O. The van der Waals surface area contributed by atoms with Crippen LogP contribution in [-0.2, 0) is 6.54 Å². The zero-order valence-electron chi connectivity index (χ0n) is 15.4. The van der Waals surface area contributed by atoms with Crippen LogP contribution in [0.15, 0.2) is 59.0 Å². The van der Waals surface area contributed by atoms with Crippen molar-refractivity contribution in [3.05, 3.63) is 59.9 Å². The lowest BCUT2D eigenvalue weighted by molar-refractivity contribution is 0.0951. The topological polar surface area (TPSA) is 84.5 Å². The molecule has 4 rings (SSSR count). The minimum Gasteiger partial charge on any atom is -0.352 e. The van der Waals surface area contributed by atoms with E-state index in [0.29, 0.717) is 31.5 Å². The molecule has 0 aliphatic carbocycles. The van der Waals surface area contributed by atoms with Crippen molar-refractivity contribution in [1.82, 2.24) is 20.1 Å². The number of pyridine rings is 1. The summed E-state index contributed by atoms with van der Waals surface area (Å²) in [4.78, 5) is 16.9. The highest BCUT2D eigenvalue weighted by Crippen LogP contribution is 2.36. The molecule has 7 heteroatoms. The lowest BCUT2D eigenvalue weighted by Gasteiger charge is -2.10. The summed E-state index contributed by atoms with van der Waals surface area (Å²) in [6.07, 6.45) is 10.6. The summed E-state index contributed by atoms with van der Waals surface area (Å²) in [5.41, 5.74) is 2.02. The summed E-state index contributed by atoms with van der Waals surface area (Å²) < 4.78 is 1.83. The third-order valence-corrected chi connectivity index (χ3v) is 4.78. The van der Waals surface area contributed by atoms with Crippen molar-refractivity contribution in [3.8, 4) is 12.3 Å². The highest BCUT2D eigenvalue weighted by molar-refractivity contribution is 5.96. The number of terminal acetylenes is 1. The standard InChI is InChI=1S/C21H20N6O/c1-2-3-9-21(25-26-21)10-11-22-20(28)18-12-17-14-24-27(19(17)23-13-18)15-16-7-5-4-6-8-16/h1,4-8,12-14H,3,9-11,15H2,(H,22,28).